The number of hydrogen-bond acceptors (Lipinski definition) is 3. The first-order valence-corrected chi connectivity index (χ1v) is 9.89. The summed E-state index contributed by atoms with van der Waals surface area (Å²) in [7, 11) is 0. The van der Waals surface area contributed by atoms with Gasteiger partial charge in [-0.3, -0.25) is 4.79 Å². The van der Waals surface area contributed by atoms with E-state index in [0.717, 1.165) is 31.5 Å². The Morgan fingerprint density at radius 1 is 1.00 bits per heavy atom. The molecule has 3 nitrogen and oxygen atoms in total. The quantitative estimate of drug-likeness (QED) is 0.434. The van der Waals surface area contributed by atoms with Crippen LogP contribution in [0, 0.1) is 10.8 Å². The molecule has 0 heterocycles. The maximum atomic E-state index is 13.1. The third kappa shape index (κ3) is 6.51. The van der Waals surface area contributed by atoms with Crippen LogP contribution in [0.3, 0.4) is 0 Å². The van der Waals surface area contributed by atoms with Crippen LogP contribution in [-0.4, -0.2) is 24.5 Å². The topological polar surface area (TPSA) is 38.3 Å². The lowest BCUT2D eigenvalue weighted by Crippen LogP contribution is -2.47. The fourth-order valence-corrected chi connectivity index (χ4v) is 2.61. The highest BCUT2D eigenvalue weighted by Crippen LogP contribution is 2.37. The molecule has 1 aromatic rings. The molecule has 0 bridgehead atoms. The first-order valence-electron chi connectivity index (χ1n) is 9.89. The Morgan fingerprint density at radius 2 is 1.58 bits per heavy atom. The predicted molar refractivity (Wildman–Crippen MR) is 111 cm³/mol. The molecule has 0 saturated heterocycles. The molecule has 26 heavy (non-hydrogen) atoms. The van der Waals surface area contributed by atoms with Gasteiger partial charge in [-0.2, -0.15) is 0 Å². The van der Waals surface area contributed by atoms with Gasteiger partial charge in [-0.15, -0.1) is 0 Å². The highest BCUT2D eigenvalue weighted by Gasteiger charge is 2.44. The Hall–Kier alpha value is -1.19. The Labute approximate surface area is 160 Å². The van der Waals surface area contributed by atoms with Crippen LogP contribution in [0.4, 0.5) is 0 Å². The molecule has 1 rings (SSSR count). The van der Waals surface area contributed by atoms with E-state index < -0.39 is 11.0 Å². The number of ketones is 1. The number of carbonyl (C=O) groups is 1. The highest BCUT2D eigenvalue weighted by atomic mass is 16.5. The van der Waals surface area contributed by atoms with Crippen molar-refractivity contribution in [2.75, 3.05) is 13.2 Å². The van der Waals surface area contributed by atoms with Crippen LogP contribution in [0.5, 0.6) is 0 Å². The standard InChI is InChI=1S/C23H39NO2/c1-9-15-24-17-18-10-12-19(13-11-18)20(25)22(5,6)23(7,8)26-16-14-21(2,3)4/h10-13,24H,9,14-17H2,1-8H3. The zero-order valence-corrected chi connectivity index (χ0v) is 18.2. The van der Waals surface area contributed by atoms with Crippen molar-refractivity contribution in [1.29, 1.82) is 0 Å². The summed E-state index contributed by atoms with van der Waals surface area (Å²) >= 11 is 0. The van der Waals surface area contributed by atoms with Gasteiger partial charge in [-0.25, -0.2) is 0 Å². The zero-order valence-electron chi connectivity index (χ0n) is 18.2. The van der Waals surface area contributed by atoms with Gasteiger partial charge in [0.05, 0.1) is 11.0 Å². The number of carbonyl (C=O) groups excluding carboxylic acids is 1. The summed E-state index contributed by atoms with van der Waals surface area (Å²) in [6.45, 7) is 19.3. The molecule has 0 aliphatic carbocycles. The summed E-state index contributed by atoms with van der Waals surface area (Å²) in [4.78, 5) is 13.1. The van der Waals surface area contributed by atoms with Crippen molar-refractivity contribution in [2.45, 2.75) is 80.4 Å². The molecular formula is C23H39NO2. The van der Waals surface area contributed by atoms with Crippen molar-refractivity contribution in [1.82, 2.24) is 5.32 Å². The van der Waals surface area contributed by atoms with Crippen molar-refractivity contribution in [2.24, 2.45) is 10.8 Å². The Kier molecular flexibility index (Phi) is 8.04. The van der Waals surface area contributed by atoms with E-state index in [4.69, 9.17) is 4.74 Å². The third-order valence-electron chi connectivity index (χ3n) is 5.36. The molecule has 148 valence electrons. The van der Waals surface area contributed by atoms with E-state index in [1.54, 1.807) is 0 Å². The molecule has 0 aromatic heterocycles. The van der Waals surface area contributed by atoms with E-state index in [9.17, 15) is 4.79 Å². The van der Waals surface area contributed by atoms with Gasteiger partial charge in [-0.1, -0.05) is 52.0 Å². The van der Waals surface area contributed by atoms with Gasteiger partial charge in [0, 0.05) is 18.7 Å². The SMILES string of the molecule is CCCNCc1ccc(C(=O)C(C)(C)C(C)(C)OCCC(C)(C)C)cc1. The number of nitrogens with one attached hydrogen (secondary N) is 1. The molecule has 0 radical (unpaired) electrons. The molecule has 0 fully saturated rings. The molecule has 1 aromatic carbocycles. The molecule has 0 aliphatic rings. The Morgan fingerprint density at radius 3 is 2.08 bits per heavy atom. The summed E-state index contributed by atoms with van der Waals surface area (Å²) in [5.74, 6) is 0.131. The highest BCUT2D eigenvalue weighted by molar-refractivity contribution is 6.00. The fraction of sp³-hybridized carbons (Fsp3) is 0.696. The second-order valence-corrected chi connectivity index (χ2v) is 9.50. The number of hydrogen-bond donors (Lipinski definition) is 1. The van der Waals surface area contributed by atoms with E-state index >= 15 is 0 Å². The molecule has 0 spiro atoms. The Balaban J connectivity index is 2.78. The smallest absolute Gasteiger partial charge is 0.171 e. The van der Waals surface area contributed by atoms with Crippen molar-refractivity contribution in [3.8, 4) is 0 Å². The van der Waals surface area contributed by atoms with E-state index in [-0.39, 0.29) is 11.2 Å². The average molecular weight is 362 g/mol. The maximum Gasteiger partial charge on any atom is 0.171 e. The van der Waals surface area contributed by atoms with Crippen molar-refractivity contribution in [3.05, 3.63) is 35.4 Å². The fourth-order valence-electron chi connectivity index (χ4n) is 2.61. The molecule has 0 aliphatic heterocycles. The summed E-state index contributed by atoms with van der Waals surface area (Å²) < 4.78 is 6.17. The minimum atomic E-state index is -0.604. The van der Waals surface area contributed by atoms with E-state index in [1.807, 2.05) is 52.0 Å². The van der Waals surface area contributed by atoms with Gasteiger partial charge in [0.25, 0.3) is 0 Å². The van der Waals surface area contributed by atoms with Crippen LogP contribution in [0.1, 0.15) is 84.2 Å². The molecular weight excluding hydrogens is 322 g/mol. The van der Waals surface area contributed by atoms with Crippen LogP contribution in [-0.2, 0) is 11.3 Å². The second kappa shape index (κ2) is 9.14. The van der Waals surface area contributed by atoms with Crippen LogP contribution < -0.4 is 5.32 Å². The van der Waals surface area contributed by atoms with Gasteiger partial charge in [0.1, 0.15) is 0 Å². The lowest BCUT2D eigenvalue weighted by atomic mass is 9.71. The molecule has 0 amide bonds. The van der Waals surface area contributed by atoms with E-state index in [0.29, 0.717) is 6.61 Å². The lowest BCUT2D eigenvalue weighted by molar-refractivity contribution is -0.0875. The number of ether oxygens (including phenoxy) is 1. The molecule has 0 saturated carbocycles. The van der Waals surface area contributed by atoms with Crippen molar-refractivity contribution >= 4 is 5.78 Å². The average Bonchev–Trinajstić information content (AvgIpc) is 2.53. The second-order valence-electron chi connectivity index (χ2n) is 9.50. The summed E-state index contributed by atoms with van der Waals surface area (Å²) in [5.41, 5.74) is 1.05. The summed E-state index contributed by atoms with van der Waals surface area (Å²) in [6, 6.07) is 7.97. The van der Waals surface area contributed by atoms with Crippen LogP contribution in [0.2, 0.25) is 0 Å². The van der Waals surface area contributed by atoms with Gasteiger partial charge in [0.15, 0.2) is 5.78 Å². The number of Topliss-reactive ketones (excluding diaryl/α,β-unsaturated/α-hetero) is 1. The van der Waals surface area contributed by atoms with Gasteiger partial charge in [0.2, 0.25) is 0 Å². The van der Waals surface area contributed by atoms with Gasteiger partial charge >= 0.3 is 0 Å². The molecule has 3 heteroatoms. The normalized spacial score (nSPS) is 13.1. The largest absolute Gasteiger partial charge is 0.375 e. The minimum Gasteiger partial charge on any atom is -0.375 e. The lowest BCUT2D eigenvalue weighted by Gasteiger charge is -2.40. The van der Waals surface area contributed by atoms with Crippen LogP contribution >= 0.6 is 0 Å². The summed E-state index contributed by atoms with van der Waals surface area (Å²) in [5, 5.41) is 3.38. The first kappa shape index (κ1) is 22.9. The molecule has 0 unspecified atom stereocenters. The van der Waals surface area contributed by atoms with Gasteiger partial charge in [-0.05, 0) is 58.1 Å². The van der Waals surface area contributed by atoms with E-state index in [2.05, 4.69) is 33.0 Å². The zero-order chi connectivity index (χ0) is 20.0. The van der Waals surface area contributed by atoms with E-state index in [1.165, 1.54) is 5.56 Å². The van der Waals surface area contributed by atoms with Crippen LogP contribution in [0.15, 0.2) is 24.3 Å². The monoisotopic (exact) mass is 361 g/mol. The number of rotatable bonds is 10. The predicted octanol–water partition coefficient (Wildman–Crippen LogP) is 5.63. The minimum absolute atomic E-state index is 0.131. The van der Waals surface area contributed by atoms with Crippen molar-refractivity contribution < 1.29 is 9.53 Å². The van der Waals surface area contributed by atoms with Crippen molar-refractivity contribution in [3.63, 3.8) is 0 Å². The number of benzene rings is 1. The maximum absolute atomic E-state index is 13.1. The Bertz CT molecular complexity index is 565. The third-order valence-corrected chi connectivity index (χ3v) is 5.36. The summed E-state index contributed by atoms with van der Waals surface area (Å²) in [6.07, 6.45) is 2.09. The van der Waals surface area contributed by atoms with Crippen LogP contribution in [0.25, 0.3) is 0 Å². The molecule has 1 N–H and O–H groups in total. The first-order chi connectivity index (χ1) is 11.9. The molecule has 0 atom stereocenters. The van der Waals surface area contributed by atoms with Gasteiger partial charge < -0.3 is 10.1 Å².